The Morgan fingerprint density at radius 2 is 2.15 bits per heavy atom. The lowest BCUT2D eigenvalue weighted by molar-refractivity contribution is 0.00939. The summed E-state index contributed by atoms with van der Waals surface area (Å²) in [5.74, 6) is 1.38. The number of anilines is 1. The van der Waals surface area contributed by atoms with Gasteiger partial charge in [0.2, 0.25) is 5.78 Å². The molecule has 5 heterocycles. The van der Waals surface area contributed by atoms with Crippen LogP contribution in [0.5, 0.6) is 0 Å². The molecule has 0 radical (unpaired) electrons. The monoisotopic (exact) mass is 456 g/mol. The van der Waals surface area contributed by atoms with E-state index in [4.69, 9.17) is 9.47 Å². The first-order valence-corrected chi connectivity index (χ1v) is 11.8. The molecule has 3 aliphatic heterocycles. The van der Waals surface area contributed by atoms with Crippen molar-refractivity contribution in [2.24, 2.45) is 5.92 Å². The van der Waals surface area contributed by atoms with Crippen LogP contribution in [0, 0.1) is 5.92 Å². The number of piperidine rings is 1. The van der Waals surface area contributed by atoms with Crippen LogP contribution < -0.4 is 10.5 Å². The number of aryl methyl sites for hydroxylation is 1. The van der Waals surface area contributed by atoms with Crippen molar-refractivity contribution in [2.45, 2.75) is 58.6 Å². The smallest absolute Gasteiger partial charge is 0.410 e. The highest BCUT2D eigenvalue weighted by molar-refractivity contribution is 5.69. The Morgan fingerprint density at radius 1 is 1.33 bits per heavy atom. The number of aromatic amines is 1. The van der Waals surface area contributed by atoms with E-state index in [0.29, 0.717) is 55.9 Å². The van der Waals surface area contributed by atoms with E-state index >= 15 is 0 Å². The van der Waals surface area contributed by atoms with Gasteiger partial charge < -0.3 is 24.3 Å². The first-order chi connectivity index (χ1) is 15.7. The van der Waals surface area contributed by atoms with Crippen molar-refractivity contribution in [1.82, 2.24) is 24.5 Å². The minimum absolute atomic E-state index is 0.139. The number of fused-ring (bicyclic) bond motifs is 2. The molecule has 178 valence electrons. The molecule has 2 aromatic rings. The zero-order valence-electron chi connectivity index (χ0n) is 19.8. The zero-order chi connectivity index (χ0) is 23.3. The highest BCUT2D eigenvalue weighted by Gasteiger charge is 2.46. The molecule has 10 heteroatoms. The van der Waals surface area contributed by atoms with Gasteiger partial charge >= 0.3 is 6.09 Å². The van der Waals surface area contributed by atoms with Crippen molar-refractivity contribution in [3.05, 3.63) is 27.9 Å². The van der Waals surface area contributed by atoms with Gasteiger partial charge in [0.25, 0.3) is 5.56 Å². The highest BCUT2D eigenvalue weighted by Crippen LogP contribution is 2.37. The maximum absolute atomic E-state index is 13.5. The summed E-state index contributed by atoms with van der Waals surface area (Å²) in [6.45, 7) is 10.9. The number of hydrogen-bond acceptors (Lipinski definition) is 7. The molecule has 33 heavy (non-hydrogen) atoms. The second kappa shape index (κ2) is 8.16. The summed E-state index contributed by atoms with van der Waals surface area (Å²) in [6.07, 6.45) is 3.95. The Hall–Kier alpha value is -2.88. The maximum Gasteiger partial charge on any atom is 0.410 e. The molecule has 2 atom stereocenters. The predicted octanol–water partition coefficient (Wildman–Crippen LogP) is 2.23. The molecule has 1 N–H and O–H groups in total. The lowest BCUT2D eigenvalue weighted by Gasteiger charge is -2.54. The van der Waals surface area contributed by atoms with E-state index < -0.39 is 5.60 Å². The average molecular weight is 457 g/mol. The summed E-state index contributed by atoms with van der Waals surface area (Å²) in [4.78, 5) is 37.9. The van der Waals surface area contributed by atoms with E-state index in [1.807, 2.05) is 33.8 Å². The molecule has 2 unspecified atom stereocenters. The Kier molecular flexibility index (Phi) is 5.43. The third kappa shape index (κ3) is 4.01. The van der Waals surface area contributed by atoms with Crippen LogP contribution in [-0.4, -0.2) is 75.1 Å². The largest absolute Gasteiger partial charge is 0.444 e. The summed E-state index contributed by atoms with van der Waals surface area (Å²) < 4.78 is 12.3. The van der Waals surface area contributed by atoms with Crippen LogP contribution in [0.15, 0.2) is 10.9 Å². The number of carbonyl (C=O) groups excluding carboxylic acids is 1. The van der Waals surface area contributed by atoms with E-state index in [1.54, 1.807) is 4.90 Å². The van der Waals surface area contributed by atoms with Crippen LogP contribution in [-0.2, 0) is 15.9 Å². The van der Waals surface area contributed by atoms with Crippen LogP contribution in [0.3, 0.4) is 0 Å². The third-order valence-corrected chi connectivity index (χ3v) is 6.62. The zero-order valence-corrected chi connectivity index (χ0v) is 19.8. The molecule has 2 saturated heterocycles. The number of likely N-dealkylation sites (tertiary alicyclic amines) is 1. The first kappa shape index (κ1) is 21.9. The van der Waals surface area contributed by atoms with E-state index in [2.05, 4.69) is 20.0 Å². The molecule has 0 saturated carbocycles. The molecule has 0 spiro atoms. The van der Waals surface area contributed by atoms with Gasteiger partial charge in [0.05, 0.1) is 13.2 Å². The summed E-state index contributed by atoms with van der Waals surface area (Å²) in [5, 5.41) is 4.53. The Morgan fingerprint density at radius 3 is 2.82 bits per heavy atom. The minimum Gasteiger partial charge on any atom is -0.444 e. The Balaban J connectivity index is 1.38. The van der Waals surface area contributed by atoms with Gasteiger partial charge in [-0.15, -0.1) is 5.10 Å². The minimum atomic E-state index is -0.504. The lowest BCUT2D eigenvalue weighted by atomic mass is 9.82. The van der Waals surface area contributed by atoms with Crippen molar-refractivity contribution in [1.29, 1.82) is 0 Å². The van der Waals surface area contributed by atoms with E-state index in [1.165, 1.54) is 4.52 Å². The van der Waals surface area contributed by atoms with Crippen LogP contribution in [0.1, 0.15) is 52.1 Å². The predicted molar refractivity (Wildman–Crippen MR) is 123 cm³/mol. The number of rotatable bonds is 3. The van der Waals surface area contributed by atoms with Gasteiger partial charge in [-0.2, -0.15) is 9.50 Å². The number of ether oxygens (including phenoxy) is 2. The topological polar surface area (TPSA) is 105 Å². The number of amides is 1. The second-order valence-corrected chi connectivity index (χ2v) is 10.0. The van der Waals surface area contributed by atoms with Gasteiger partial charge in [0.1, 0.15) is 11.3 Å². The van der Waals surface area contributed by atoms with E-state index in [0.717, 1.165) is 30.7 Å². The van der Waals surface area contributed by atoms with Crippen LogP contribution >= 0.6 is 0 Å². The number of nitrogens with zero attached hydrogens (tertiary/aromatic N) is 5. The van der Waals surface area contributed by atoms with Crippen molar-refractivity contribution < 1.29 is 14.3 Å². The summed E-state index contributed by atoms with van der Waals surface area (Å²) in [5.41, 5.74) is 1.92. The van der Waals surface area contributed by atoms with Crippen LogP contribution in [0.4, 0.5) is 10.5 Å². The molecule has 0 aliphatic carbocycles. The Bertz CT molecular complexity index is 1160. The number of H-pyrrole nitrogens is 1. The molecule has 0 bridgehead atoms. The number of nitrogens with one attached hydrogen (secondary N) is 1. The lowest BCUT2D eigenvalue weighted by Crippen LogP contribution is -2.65. The van der Waals surface area contributed by atoms with Gasteiger partial charge in [-0.3, -0.25) is 4.79 Å². The highest BCUT2D eigenvalue weighted by atomic mass is 16.6. The summed E-state index contributed by atoms with van der Waals surface area (Å²) >= 11 is 0. The first-order valence-electron chi connectivity index (χ1n) is 11.8. The average Bonchev–Trinajstić information content (AvgIpc) is 3.19. The van der Waals surface area contributed by atoms with Gasteiger partial charge in [-0.05, 0) is 45.6 Å². The van der Waals surface area contributed by atoms with Crippen molar-refractivity contribution in [3.63, 3.8) is 0 Å². The van der Waals surface area contributed by atoms with Gasteiger partial charge in [0.15, 0.2) is 5.82 Å². The summed E-state index contributed by atoms with van der Waals surface area (Å²) in [7, 11) is 0. The fraction of sp³-hybridized carbons (Fsp3) is 0.652. The molecular weight excluding hydrogens is 424 g/mol. The van der Waals surface area contributed by atoms with Crippen molar-refractivity contribution in [2.75, 3.05) is 37.7 Å². The van der Waals surface area contributed by atoms with Gasteiger partial charge in [0, 0.05) is 37.3 Å². The van der Waals surface area contributed by atoms with Gasteiger partial charge in [-0.25, -0.2) is 4.79 Å². The molecule has 1 amide bonds. The van der Waals surface area contributed by atoms with Gasteiger partial charge in [-0.1, -0.05) is 13.0 Å². The summed E-state index contributed by atoms with van der Waals surface area (Å²) in [6, 6.07) is 0.230. The standard InChI is InChI=1S/C23H32N6O4/c1-5-16-18(20(30)29-21(24-16)25-19(26-29)14-7-10-32-11-8-14)28-13-15-12-27(9-6-17(15)28)22(31)33-23(2,3)4/h7,15,17H,5-6,8-13H2,1-4H3,(H,24,25,26). The fourth-order valence-corrected chi connectivity index (χ4v) is 4.99. The molecule has 0 aromatic carbocycles. The second-order valence-electron chi connectivity index (χ2n) is 10.0. The molecule has 2 fully saturated rings. The number of hydrogen-bond donors (Lipinski definition) is 1. The van der Waals surface area contributed by atoms with E-state index in [9.17, 15) is 9.59 Å². The fourth-order valence-electron chi connectivity index (χ4n) is 4.99. The normalized spacial score (nSPS) is 23.2. The van der Waals surface area contributed by atoms with Crippen LogP contribution in [0.25, 0.3) is 11.4 Å². The third-order valence-electron chi connectivity index (χ3n) is 6.62. The quantitative estimate of drug-likeness (QED) is 0.755. The molecular formula is C23H32N6O4. The van der Waals surface area contributed by atoms with Crippen LogP contribution in [0.2, 0.25) is 0 Å². The Labute approximate surface area is 192 Å². The van der Waals surface area contributed by atoms with Crippen molar-refractivity contribution in [3.8, 4) is 0 Å². The molecule has 5 rings (SSSR count). The molecule has 10 nitrogen and oxygen atoms in total. The molecule has 3 aliphatic rings. The number of carbonyl (C=O) groups is 1. The number of aromatic nitrogens is 4. The maximum atomic E-state index is 13.5. The van der Waals surface area contributed by atoms with Crippen molar-refractivity contribution >= 4 is 23.1 Å². The van der Waals surface area contributed by atoms with E-state index in [-0.39, 0.29) is 17.7 Å². The SMILES string of the molecule is CCc1[nH]c2nc(C3=CCOCC3)nn2c(=O)c1N1CC2CN(C(=O)OC(C)(C)C)CCC21. The molecule has 2 aromatic heterocycles.